The number of methoxy groups -OCH3 is 1. The summed E-state index contributed by atoms with van der Waals surface area (Å²) in [6, 6.07) is 17.5. The van der Waals surface area contributed by atoms with Gasteiger partial charge in [-0.3, -0.25) is 4.79 Å². The molecule has 4 aromatic rings. The number of rotatable bonds is 5. The van der Waals surface area contributed by atoms with Crippen LogP contribution < -0.4 is 10.1 Å². The molecular formula is C24H22BrN3O2. The van der Waals surface area contributed by atoms with Gasteiger partial charge in [0.1, 0.15) is 11.6 Å². The third-order valence-electron chi connectivity index (χ3n) is 5.20. The summed E-state index contributed by atoms with van der Waals surface area (Å²) in [5.41, 5.74) is 7.06. The fourth-order valence-corrected chi connectivity index (χ4v) is 3.96. The molecule has 0 atom stereocenters. The topological polar surface area (TPSA) is 67.0 Å². The minimum Gasteiger partial charge on any atom is -0.496 e. The first kappa shape index (κ1) is 20.2. The van der Waals surface area contributed by atoms with Crippen LogP contribution in [-0.4, -0.2) is 23.0 Å². The lowest BCUT2D eigenvalue weighted by Gasteiger charge is -2.08. The number of hydrogen-bond donors (Lipinski definition) is 2. The Kier molecular flexibility index (Phi) is 5.59. The normalized spacial score (nSPS) is 10.9. The summed E-state index contributed by atoms with van der Waals surface area (Å²) >= 11 is 3.45. The zero-order valence-electron chi connectivity index (χ0n) is 17.0. The standard InChI is InChI=1S/C24H22BrN3O2/c1-14-4-10-20-23(15(14)2)28-24(27-20)17-6-8-18(9-7-17)26-22(29)13-16-5-11-21(30-3)19(25)12-16/h4-12H,13H2,1-3H3,(H,26,29)(H,27,28). The van der Waals surface area contributed by atoms with E-state index in [1.807, 2.05) is 42.5 Å². The first-order chi connectivity index (χ1) is 14.4. The molecule has 1 amide bonds. The SMILES string of the molecule is COc1ccc(CC(=O)Nc2ccc(-c3nc4c(C)c(C)ccc4[nH]3)cc2)cc1Br. The van der Waals surface area contributed by atoms with Crippen LogP contribution in [0.1, 0.15) is 16.7 Å². The van der Waals surface area contributed by atoms with Gasteiger partial charge in [0.05, 0.1) is 29.0 Å². The summed E-state index contributed by atoms with van der Waals surface area (Å²) in [7, 11) is 1.61. The number of carbonyl (C=O) groups excluding carboxylic acids is 1. The Bertz CT molecular complexity index is 1230. The predicted octanol–water partition coefficient (Wildman–Crippen LogP) is 5.80. The second-order valence-corrected chi connectivity index (χ2v) is 8.11. The van der Waals surface area contributed by atoms with Crippen molar-refractivity contribution < 1.29 is 9.53 Å². The van der Waals surface area contributed by atoms with Crippen molar-refractivity contribution in [3.05, 3.63) is 75.8 Å². The van der Waals surface area contributed by atoms with Crippen molar-refractivity contribution in [3.63, 3.8) is 0 Å². The lowest BCUT2D eigenvalue weighted by Crippen LogP contribution is -2.14. The molecule has 5 nitrogen and oxygen atoms in total. The molecule has 30 heavy (non-hydrogen) atoms. The number of aryl methyl sites for hydroxylation is 2. The van der Waals surface area contributed by atoms with Gasteiger partial charge in [0.15, 0.2) is 0 Å². The summed E-state index contributed by atoms with van der Waals surface area (Å²) in [4.78, 5) is 20.5. The third-order valence-corrected chi connectivity index (χ3v) is 5.82. The minimum atomic E-state index is -0.0744. The van der Waals surface area contributed by atoms with Crippen LogP contribution in [0.15, 0.2) is 59.1 Å². The highest BCUT2D eigenvalue weighted by Gasteiger charge is 2.10. The van der Waals surface area contributed by atoms with Crippen molar-refractivity contribution in [2.75, 3.05) is 12.4 Å². The average molecular weight is 464 g/mol. The van der Waals surface area contributed by atoms with E-state index >= 15 is 0 Å². The molecule has 0 aliphatic rings. The van der Waals surface area contributed by atoms with Gasteiger partial charge in [-0.05, 0) is 88.9 Å². The number of H-pyrrole nitrogens is 1. The number of nitrogens with one attached hydrogen (secondary N) is 2. The molecule has 0 fully saturated rings. The average Bonchev–Trinajstić information content (AvgIpc) is 3.16. The Labute approximate surface area is 183 Å². The van der Waals surface area contributed by atoms with Gasteiger partial charge >= 0.3 is 0 Å². The predicted molar refractivity (Wildman–Crippen MR) is 124 cm³/mol. The minimum absolute atomic E-state index is 0.0744. The number of imidazole rings is 1. The van der Waals surface area contributed by atoms with E-state index in [9.17, 15) is 4.79 Å². The fourth-order valence-electron chi connectivity index (χ4n) is 3.37. The van der Waals surface area contributed by atoms with Gasteiger partial charge < -0.3 is 15.0 Å². The highest BCUT2D eigenvalue weighted by atomic mass is 79.9. The van der Waals surface area contributed by atoms with Gasteiger partial charge in [-0.2, -0.15) is 0 Å². The van der Waals surface area contributed by atoms with E-state index in [1.54, 1.807) is 7.11 Å². The number of benzene rings is 3. The van der Waals surface area contributed by atoms with E-state index in [4.69, 9.17) is 9.72 Å². The van der Waals surface area contributed by atoms with Gasteiger partial charge in [0, 0.05) is 11.3 Å². The van der Waals surface area contributed by atoms with E-state index in [-0.39, 0.29) is 12.3 Å². The van der Waals surface area contributed by atoms with E-state index < -0.39 is 0 Å². The Balaban J connectivity index is 1.46. The molecule has 3 aromatic carbocycles. The number of aromatic amines is 1. The van der Waals surface area contributed by atoms with E-state index in [2.05, 4.69) is 52.2 Å². The third kappa shape index (κ3) is 4.09. The van der Waals surface area contributed by atoms with Crippen LogP contribution >= 0.6 is 15.9 Å². The summed E-state index contributed by atoms with van der Waals surface area (Å²) in [5.74, 6) is 1.49. The number of anilines is 1. The van der Waals surface area contributed by atoms with Gasteiger partial charge in [0.25, 0.3) is 0 Å². The molecule has 0 aliphatic carbocycles. The number of carbonyl (C=O) groups is 1. The summed E-state index contributed by atoms with van der Waals surface area (Å²) < 4.78 is 6.05. The maximum atomic E-state index is 12.4. The van der Waals surface area contributed by atoms with Crippen LogP contribution in [0.4, 0.5) is 5.69 Å². The molecule has 0 spiro atoms. The molecule has 0 saturated heterocycles. The maximum Gasteiger partial charge on any atom is 0.228 e. The monoisotopic (exact) mass is 463 g/mol. The van der Waals surface area contributed by atoms with Crippen LogP contribution in [0.5, 0.6) is 5.75 Å². The second kappa shape index (κ2) is 8.32. The molecular weight excluding hydrogens is 442 g/mol. The van der Waals surface area contributed by atoms with Gasteiger partial charge in [-0.25, -0.2) is 4.98 Å². The number of nitrogens with zero attached hydrogens (tertiary/aromatic N) is 1. The van der Waals surface area contributed by atoms with Crippen LogP contribution in [0, 0.1) is 13.8 Å². The number of fused-ring (bicyclic) bond motifs is 1. The lowest BCUT2D eigenvalue weighted by atomic mass is 10.1. The second-order valence-electron chi connectivity index (χ2n) is 7.26. The first-order valence-corrected chi connectivity index (χ1v) is 10.4. The summed E-state index contributed by atoms with van der Waals surface area (Å²) in [6.45, 7) is 4.17. The zero-order chi connectivity index (χ0) is 21.3. The maximum absolute atomic E-state index is 12.4. The molecule has 0 radical (unpaired) electrons. The van der Waals surface area contributed by atoms with E-state index in [0.717, 1.165) is 43.9 Å². The van der Waals surface area contributed by atoms with Gasteiger partial charge in [-0.15, -0.1) is 0 Å². The molecule has 2 N–H and O–H groups in total. The Morgan fingerprint density at radius 3 is 2.57 bits per heavy atom. The number of hydrogen-bond acceptors (Lipinski definition) is 3. The molecule has 1 heterocycles. The Morgan fingerprint density at radius 1 is 1.10 bits per heavy atom. The van der Waals surface area contributed by atoms with Crippen molar-refractivity contribution in [1.29, 1.82) is 0 Å². The molecule has 0 saturated carbocycles. The largest absolute Gasteiger partial charge is 0.496 e. The van der Waals surface area contributed by atoms with Gasteiger partial charge in [-0.1, -0.05) is 12.1 Å². The molecule has 6 heteroatoms. The lowest BCUT2D eigenvalue weighted by molar-refractivity contribution is -0.115. The number of ether oxygens (including phenoxy) is 1. The first-order valence-electron chi connectivity index (χ1n) is 9.63. The summed E-state index contributed by atoms with van der Waals surface area (Å²) in [5, 5.41) is 2.94. The van der Waals surface area contributed by atoms with Crippen LogP contribution in [0.3, 0.4) is 0 Å². The smallest absolute Gasteiger partial charge is 0.228 e. The fraction of sp³-hybridized carbons (Fsp3) is 0.167. The number of amides is 1. The van der Waals surface area contributed by atoms with Crippen LogP contribution in [0.2, 0.25) is 0 Å². The molecule has 4 rings (SSSR count). The van der Waals surface area contributed by atoms with Crippen molar-refractivity contribution >= 4 is 38.6 Å². The molecule has 1 aromatic heterocycles. The van der Waals surface area contributed by atoms with Crippen molar-refractivity contribution in [3.8, 4) is 17.1 Å². The van der Waals surface area contributed by atoms with Crippen molar-refractivity contribution in [2.45, 2.75) is 20.3 Å². The Hall–Kier alpha value is -3.12. The molecule has 0 bridgehead atoms. The van der Waals surface area contributed by atoms with Crippen LogP contribution in [0.25, 0.3) is 22.4 Å². The van der Waals surface area contributed by atoms with E-state index in [0.29, 0.717) is 0 Å². The highest BCUT2D eigenvalue weighted by molar-refractivity contribution is 9.10. The zero-order valence-corrected chi connectivity index (χ0v) is 18.6. The highest BCUT2D eigenvalue weighted by Crippen LogP contribution is 2.27. The molecule has 0 unspecified atom stereocenters. The van der Waals surface area contributed by atoms with E-state index in [1.165, 1.54) is 11.1 Å². The van der Waals surface area contributed by atoms with Crippen molar-refractivity contribution in [1.82, 2.24) is 9.97 Å². The number of halogens is 1. The van der Waals surface area contributed by atoms with Crippen molar-refractivity contribution in [2.24, 2.45) is 0 Å². The molecule has 0 aliphatic heterocycles. The molecule has 152 valence electrons. The number of aromatic nitrogens is 2. The van der Waals surface area contributed by atoms with Crippen LogP contribution in [-0.2, 0) is 11.2 Å². The summed E-state index contributed by atoms with van der Waals surface area (Å²) in [6.07, 6.45) is 0.284. The van der Waals surface area contributed by atoms with Gasteiger partial charge in [0.2, 0.25) is 5.91 Å². The quantitative estimate of drug-likeness (QED) is 0.392. The Morgan fingerprint density at radius 2 is 1.87 bits per heavy atom.